The molecule has 0 bridgehead atoms. The first-order valence-electron chi connectivity index (χ1n) is 7.69. The number of aromatic nitrogens is 4. The van der Waals surface area contributed by atoms with Crippen LogP contribution in [0.5, 0.6) is 0 Å². The Morgan fingerprint density at radius 3 is 2.64 bits per heavy atom. The number of hydrogen-bond donors (Lipinski definition) is 1. The first-order chi connectivity index (χ1) is 12.0. The van der Waals surface area contributed by atoms with E-state index in [9.17, 15) is 9.36 Å². The molecular weight excluding hydrogens is 345 g/mol. The van der Waals surface area contributed by atoms with Crippen molar-refractivity contribution in [3.63, 3.8) is 0 Å². The third-order valence-electron chi connectivity index (χ3n) is 3.53. The van der Waals surface area contributed by atoms with E-state index < -0.39 is 13.2 Å². The molecule has 0 aliphatic rings. The molecule has 0 saturated heterocycles. The highest BCUT2D eigenvalue weighted by molar-refractivity contribution is 7.53. The Labute approximate surface area is 142 Å². The summed E-state index contributed by atoms with van der Waals surface area (Å²) < 4.78 is 24.9. The van der Waals surface area contributed by atoms with Gasteiger partial charge in [-0.05, 0) is 32.0 Å². The molecule has 0 atom stereocenters. The molecule has 9 nitrogen and oxygen atoms in total. The molecule has 10 heteroatoms. The molecule has 0 unspecified atom stereocenters. The van der Waals surface area contributed by atoms with Crippen LogP contribution in [0.2, 0.25) is 0 Å². The fourth-order valence-corrected chi connectivity index (χ4v) is 4.19. The molecule has 3 aromatic rings. The summed E-state index contributed by atoms with van der Waals surface area (Å²) in [6, 6.07) is 6.88. The molecule has 0 saturated carbocycles. The molecule has 0 spiro atoms. The van der Waals surface area contributed by atoms with E-state index >= 15 is 0 Å². The number of nitrogens with one attached hydrogen (secondary N) is 1. The Morgan fingerprint density at radius 2 is 2.00 bits per heavy atom. The Balaban J connectivity index is 2.21. The van der Waals surface area contributed by atoms with E-state index in [2.05, 4.69) is 15.2 Å². The molecule has 25 heavy (non-hydrogen) atoms. The number of rotatable bonds is 6. The molecule has 3 rings (SSSR count). The van der Waals surface area contributed by atoms with Crippen molar-refractivity contribution in [3.05, 3.63) is 39.9 Å². The van der Waals surface area contributed by atoms with E-state index in [1.54, 1.807) is 32.0 Å². The minimum atomic E-state index is -3.41. The largest absolute Gasteiger partial charge is 0.338 e. The summed E-state index contributed by atoms with van der Waals surface area (Å²) in [5.74, 6) is 0.293. The predicted molar refractivity (Wildman–Crippen MR) is 90.4 cm³/mol. The molecule has 1 N–H and O–H groups in total. The molecule has 1 aromatic carbocycles. The average Bonchev–Trinajstić information content (AvgIpc) is 2.99. The van der Waals surface area contributed by atoms with Crippen molar-refractivity contribution in [2.24, 2.45) is 0 Å². The van der Waals surface area contributed by atoms with Crippen LogP contribution in [0.25, 0.3) is 16.7 Å². The van der Waals surface area contributed by atoms with Crippen molar-refractivity contribution in [3.8, 4) is 6.07 Å². The maximum absolute atomic E-state index is 12.8. The van der Waals surface area contributed by atoms with Crippen molar-refractivity contribution >= 4 is 24.3 Å². The van der Waals surface area contributed by atoms with Gasteiger partial charge >= 0.3 is 7.60 Å². The standard InChI is InChI=1S/C15H16N5O4P/c1-3-23-25(22,24-4-2)9-13-18-19-14-15(21)17-11-7-10(8-16)5-6-12(11)20(13)14/h5-7H,3-4,9H2,1-2H3,(H,17,21). The normalized spacial score (nSPS) is 11.9. The number of nitrogens with zero attached hydrogens (tertiary/aromatic N) is 4. The van der Waals surface area contributed by atoms with Crippen molar-refractivity contribution in [2.75, 3.05) is 13.2 Å². The maximum Gasteiger partial charge on any atom is 0.338 e. The summed E-state index contributed by atoms with van der Waals surface area (Å²) in [7, 11) is -3.41. The maximum atomic E-state index is 12.8. The zero-order chi connectivity index (χ0) is 18.0. The topological polar surface area (TPSA) is 122 Å². The summed E-state index contributed by atoms with van der Waals surface area (Å²) in [6.07, 6.45) is -0.117. The Morgan fingerprint density at radius 1 is 1.28 bits per heavy atom. The van der Waals surface area contributed by atoms with Crippen molar-refractivity contribution in [2.45, 2.75) is 20.0 Å². The fourth-order valence-electron chi connectivity index (χ4n) is 2.59. The highest BCUT2D eigenvalue weighted by Gasteiger charge is 2.28. The second-order valence-electron chi connectivity index (χ2n) is 5.18. The summed E-state index contributed by atoms with van der Waals surface area (Å²) in [4.78, 5) is 14.9. The van der Waals surface area contributed by atoms with E-state index in [1.165, 1.54) is 4.40 Å². The summed E-state index contributed by atoms with van der Waals surface area (Å²) in [5, 5.41) is 16.9. The van der Waals surface area contributed by atoms with E-state index in [0.29, 0.717) is 22.4 Å². The Bertz CT molecular complexity index is 1070. The first-order valence-corrected chi connectivity index (χ1v) is 9.42. The van der Waals surface area contributed by atoms with Crippen LogP contribution in [-0.2, 0) is 19.8 Å². The monoisotopic (exact) mass is 361 g/mol. The van der Waals surface area contributed by atoms with Gasteiger partial charge in [0.15, 0.2) is 0 Å². The molecule has 0 aliphatic carbocycles. The lowest BCUT2D eigenvalue weighted by Gasteiger charge is -2.16. The van der Waals surface area contributed by atoms with E-state index in [4.69, 9.17) is 14.3 Å². The van der Waals surface area contributed by atoms with E-state index in [-0.39, 0.29) is 25.0 Å². The molecule has 0 aliphatic heterocycles. The van der Waals surface area contributed by atoms with Gasteiger partial charge in [0.25, 0.3) is 5.56 Å². The zero-order valence-corrected chi connectivity index (χ0v) is 14.6. The van der Waals surface area contributed by atoms with E-state index in [1.807, 2.05) is 6.07 Å². The minimum absolute atomic E-state index is 0.0757. The molecular formula is C15H16N5O4P. The Hall–Kier alpha value is -2.53. The van der Waals surface area contributed by atoms with Gasteiger partial charge in [0.1, 0.15) is 12.0 Å². The number of H-pyrrole nitrogens is 1. The lowest BCUT2D eigenvalue weighted by Crippen LogP contribution is -2.12. The number of aromatic amines is 1. The highest BCUT2D eigenvalue weighted by Crippen LogP contribution is 2.50. The molecule has 0 radical (unpaired) electrons. The van der Waals surface area contributed by atoms with Gasteiger partial charge in [0.2, 0.25) is 5.65 Å². The first kappa shape index (κ1) is 17.3. The van der Waals surface area contributed by atoms with Gasteiger partial charge in [0, 0.05) is 0 Å². The average molecular weight is 361 g/mol. The second-order valence-corrected chi connectivity index (χ2v) is 7.23. The molecule has 0 amide bonds. The van der Waals surface area contributed by atoms with Crippen LogP contribution < -0.4 is 5.56 Å². The van der Waals surface area contributed by atoms with Gasteiger partial charge in [-0.1, -0.05) is 0 Å². The molecule has 2 heterocycles. The number of nitriles is 1. The number of fused-ring (bicyclic) bond motifs is 3. The number of hydrogen-bond acceptors (Lipinski definition) is 7. The highest BCUT2D eigenvalue weighted by atomic mass is 31.2. The van der Waals surface area contributed by atoms with Crippen molar-refractivity contribution in [1.82, 2.24) is 19.6 Å². The van der Waals surface area contributed by atoms with Gasteiger partial charge in [-0.3, -0.25) is 13.8 Å². The predicted octanol–water partition coefficient (Wildman–Crippen LogP) is 2.21. The van der Waals surface area contributed by atoms with Gasteiger partial charge in [-0.15, -0.1) is 10.2 Å². The quantitative estimate of drug-likeness (QED) is 0.668. The van der Waals surface area contributed by atoms with Crippen molar-refractivity contribution < 1.29 is 13.6 Å². The summed E-state index contributed by atoms with van der Waals surface area (Å²) in [5.41, 5.74) is 1.08. The van der Waals surface area contributed by atoms with Crippen LogP contribution >= 0.6 is 7.60 Å². The molecule has 0 fully saturated rings. The van der Waals surface area contributed by atoms with Gasteiger partial charge in [-0.25, -0.2) is 0 Å². The summed E-state index contributed by atoms with van der Waals surface area (Å²) in [6.45, 7) is 3.88. The van der Waals surface area contributed by atoms with Crippen LogP contribution in [0.15, 0.2) is 23.0 Å². The third kappa shape index (κ3) is 3.20. The fraction of sp³-hybridized carbons (Fsp3) is 0.333. The van der Waals surface area contributed by atoms with Gasteiger partial charge in [0.05, 0.1) is 35.9 Å². The van der Waals surface area contributed by atoms with Crippen LogP contribution in [0.3, 0.4) is 0 Å². The zero-order valence-electron chi connectivity index (χ0n) is 13.7. The molecule has 130 valence electrons. The molecule has 2 aromatic heterocycles. The minimum Gasteiger partial charge on any atom is -0.317 e. The third-order valence-corrected chi connectivity index (χ3v) is 5.51. The lowest BCUT2D eigenvalue weighted by molar-refractivity contribution is 0.218. The number of benzene rings is 1. The van der Waals surface area contributed by atoms with Crippen LogP contribution in [-0.4, -0.2) is 32.8 Å². The SMILES string of the molecule is CCOP(=O)(Cc1nnc2c(=O)[nH]c3cc(C#N)ccc3n12)OCC. The van der Waals surface area contributed by atoms with E-state index in [0.717, 1.165) is 0 Å². The van der Waals surface area contributed by atoms with Crippen molar-refractivity contribution in [1.29, 1.82) is 5.26 Å². The van der Waals surface area contributed by atoms with Gasteiger partial charge < -0.3 is 14.0 Å². The Kier molecular flexibility index (Phi) is 4.68. The lowest BCUT2D eigenvalue weighted by atomic mass is 10.2. The second kappa shape index (κ2) is 6.76. The van der Waals surface area contributed by atoms with Gasteiger partial charge in [-0.2, -0.15) is 5.26 Å². The summed E-state index contributed by atoms with van der Waals surface area (Å²) >= 11 is 0. The van der Waals surface area contributed by atoms with Crippen LogP contribution in [0.1, 0.15) is 25.2 Å². The van der Waals surface area contributed by atoms with Crippen LogP contribution in [0.4, 0.5) is 0 Å². The smallest absolute Gasteiger partial charge is 0.317 e. The van der Waals surface area contributed by atoms with Crippen LogP contribution in [0, 0.1) is 11.3 Å².